The van der Waals surface area contributed by atoms with Crippen LogP contribution in [0.5, 0.6) is 5.75 Å². The molecule has 0 radical (unpaired) electrons. The van der Waals surface area contributed by atoms with Crippen molar-refractivity contribution in [1.82, 2.24) is 9.97 Å². The molecule has 0 aliphatic carbocycles. The minimum atomic E-state index is 0.210. The third kappa shape index (κ3) is 4.58. The molecule has 0 amide bonds. The number of ether oxygens (including phenoxy) is 2. The lowest BCUT2D eigenvalue weighted by Crippen LogP contribution is -2.14. The van der Waals surface area contributed by atoms with Crippen molar-refractivity contribution in [2.75, 3.05) is 13.2 Å². The first-order valence-corrected chi connectivity index (χ1v) is 6.34. The number of hydrogen-bond acceptors (Lipinski definition) is 5. The van der Waals surface area contributed by atoms with Crippen molar-refractivity contribution in [3.8, 4) is 5.75 Å². The Morgan fingerprint density at radius 2 is 1.94 bits per heavy atom. The predicted octanol–water partition coefficient (Wildman–Crippen LogP) is 1.86. The summed E-state index contributed by atoms with van der Waals surface area (Å²) in [5, 5.41) is 0. The molecule has 0 saturated heterocycles. The summed E-state index contributed by atoms with van der Waals surface area (Å²) >= 11 is 0. The van der Waals surface area contributed by atoms with E-state index in [1.807, 2.05) is 27.7 Å². The van der Waals surface area contributed by atoms with E-state index in [4.69, 9.17) is 15.2 Å². The van der Waals surface area contributed by atoms with Crippen LogP contribution < -0.4 is 10.5 Å². The zero-order valence-corrected chi connectivity index (χ0v) is 11.6. The zero-order chi connectivity index (χ0) is 13.5. The van der Waals surface area contributed by atoms with Gasteiger partial charge in [-0.2, -0.15) is 0 Å². The molecule has 0 unspecified atom stereocenters. The maximum absolute atomic E-state index is 5.67. The number of rotatable bonds is 7. The minimum absolute atomic E-state index is 0.210. The Morgan fingerprint density at radius 1 is 1.22 bits per heavy atom. The van der Waals surface area contributed by atoms with Crippen LogP contribution in [-0.4, -0.2) is 29.3 Å². The van der Waals surface area contributed by atoms with Gasteiger partial charge in [-0.05, 0) is 13.8 Å². The maximum atomic E-state index is 5.67. The molecule has 0 aliphatic heterocycles. The third-order valence-corrected chi connectivity index (χ3v) is 2.35. The fraction of sp³-hybridized carbons (Fsp3) is 0.692. The van der Waals surface area contributed by atoms with Gasteiger partial charge in [0.15, 0.2) is 5.75 Å². The van der Waals surface area contributed by atoms with Gasteiger partial charge in [0.1, 0.15) is 12.4 Å². The second-order valence-electron chi connectivity index (χ2n) is 4.67. The number of hydrogen-bond donors (Lipinski definition) is 1. The van der Waals surface area contributed by atoms with E-state index in [0.717, 1.165) is 11.5 Å². The lowest BCUT2D eigenvalue weighted by atomic mass is 10.2. The quantitative estimate of drug-likeness (QED) is 0.751. The molecule has 1 heterocycles. The Balaban J connectivity index is 2.59. The van der Waals surface area contributed by atoms with Crippen LogP contribution in [0, 0.1) is 0 Å². The van der Waals surface area contributed by atoms with Crippen molar-refractivity contribution in [1.29, 1.82) is 0 Å². The SMILES string of the molecule is CC(C)OCCOc1cnc(C(C)C)nc1CN. The van der Waals surface area contributed by atoms with Crippen LogP contribution in [0.2, 0.25) is 0 Å². The molecule has 0 spiro atoms. The standard InChI is InChI=1S/C13H23N3O2/c1-9(2)13-15-8-12(11(7-14)16-13)18-6-5-17-10(3)4/h8-10H,5-7,14H2,1-4H3. The normalized spacial score (nSPS) is 11.3. The average Bonchev–Trinajstić information content (AvgIpc) is 2.34. The van der Waals surface area contributed by atoms with Gasteiger partial charge < -0.3 is 15.2 Å². The van der Waals surface area contributed by atoms with E-state index >= 15 is 0 Å². The van der Waals surface area contributed by atoms with Gasteiger partial charge in [0.25, 0.3) is 0 Å². The summed E-state index contributed by atoms with van der Waals surface area (Å²) in [4.78, 5) is 8.67. The first kappa shape index (κ1) is 14.9. The van der Waals surface area contributed by atoms with Crippen LogP contribution in [0.3, 0.4) is 0 Å². The molecule has 102 valence electrons. The molecular weight excluding hydrogens is 230 g/mol. The lowest BCUT2D eigenvalue weighted by molar-refractivity contribution is 0.0548. The molecule has 0 saturated carbocycles. The van der Waals surface area contributed by atoms with Gasteiger partial charge in [0, 0.05) is 12.5 Å². The molecule has 1 aromatic rings. The zero-order valence-electron chi connectivity index (χ0n) is 11.6. The smallest absolute Gasteiger partial charge is 0.160 e. The van der Waals surface area contributed by atoms with E-state index < -0.39 is 0 Å². The molecular formula is C13H23N3O2. The highest BCUT2D eigenvalue weighted by Crippen LogP contribution is 2.17. The van der Waals surface area contributed by atoms with Crippen LogP contribution in [0.15, 0.2) is 6.20 Å². The molecule has 2 N–H and O–H groups in total. The van der Waals surface area contributed by atoms with Crippen molar-refractivity contribution in [2.24, 2.45) is 5.73 Å². The number of nitrogens with zero attached hydrogens (tertiary/aromatic N) is 2. The van der Waals surface area contributed by atoms with E-state index in [-0.39, 0.29) is 12.0 Å². The van der Waals surface area contributed by atoms with Gasteiger partial charge in [-0.1, -0.05) is 13.8 Å². The molecule has 0 aromatic carbocycles. The first-order chi connectivity index (χ1) is 8.54. The molecule has 0 atom stereocenters. The van der Waals surface area contributed by atoms with E-state index in [1.165, 1.54) is 0 Å². The fourth-order valence-corrected chi connectivity index (χ4v) is 1.40. The van der Waals surface area contributed by atoms with Crippen LogP contribution in [0.25, 0.3) is 0 Å². The fourth-order valence-electron chi connectivity index (χ4n) is 1.40. The van der Waals surface area contributed by atoms with Crippen LogP contribution in [-0.2, 0) is 11.3 Å². The molecule has 18 heavy (non-hydrogen) atoms. The highest BCUT2D eigenvalue weighted by Gasteiger charge is 2.09. The van der Waals surface area contributed by atoms with E-state index in [1.54, 1.807) is 6.20 Å². The Bertz CT molecular complexity index is 367. The second kappa shape index (κ2) is 7.28. The highest BCUT2D eigenvalue weighted by atomic mass is 16.5. The Kier molecular flexibility index (Phi) is 6.01. The third-order valence-electron chi connectivity index (χ3n) is 2.35. The van der Waals surface area contributed by atoms with Gasteiger partial charge in [0.05, 0.1) is 24.6 Å². The van der Waals surface area contributed by atoms with E-state index in [0.29, 0.717) is 25.5 Å². The Morgan fingerprint density at radius 3 is 2.50 bits per heavy atom. The molecule has 1 rings (SSSR count). The summed E-state index contributed by atoms with van der Waals surface area (Å²) in [6.07, 6.45) is 1.90. The second-order valence-corrected chi connectivity index (χ2v) is 4.67. The molecule has 1 aromatic heterocycles. The van der Waals surface area contributed by atoms with Crippen molar-refractivity contribution < 1.29 is 9.47 Å². The minimum Gasteiger partial charge on any atom is -0.488 e. The summed E-state index contributed by atoms with van der Waals surface area (Å²) in [7, 11) is 0. The van der Waals surface area contributed by atoms with Crippen molar-refractivity contribution >= 4 is 0 Å². The highest BCUT2D eigenvalue weighted by molar-refractivity contribution is 5.25. The summed E-state index contributed by atoms with van der Waals surface area (Å²) < 4.78 is 11.0. The maximum Gasteiger partial charge on any atom is 0.160 e. The van der Waals surface area contributed by atoms with Crippen LogP contribution in [0.4, 0.5) is 0 Å². The first-order valence-electron chi connectivity index (χ1n) is 6.34. The number of aromatic nitrogens is 2. The van der Waals surface area contributed by atoms with Gasteiger partial charge in [-0.25, -0.2) is 9.97 Å². The van der Waals surface area contributed by atoms with E-state index in [9.17, 15) is 0 Å². The van der Waals surface area contributed by atoms with Gasteiger partial charge in [0.2, 0.25) is 0 Å². The van der Waals surface area contributed by atoms with Gasteiger partial charge >= 0.3 is 0 Å². The van der Waals surface area contributed by atoms with Crippen LogP contribution >= 0.6 is 0 Å². The molecule has 5 nitrogen and oxygen atoms in total. The number of nitrogens with two attached hydrogens (primary N) is 1. The van der Waals surface area contributed by atoms with Crippen LogP contribution in [0.1, 0.15) is 45.1 Å². The lowest BCUT2D eigenvalue weighted by Gasteiger charge is -2.12. The average molecular weight is 253 g/mol. The van der Waals surface area contributed by atoms with Crippen molar-refractivity contribution in [3.05, 3.63) is 17.7 Å². The largest absolute Gasteiger partial charge is 0.488 e. The van der Waals surface area contributed by atoms with Gasteiger partial charge in [-0.15, -0.1) is 0 Å². The topological polar surface area (TPSA) is 70.3 Å². The molecule has 5 heteroatoms. The Labute approximate surface area is 109 Å². The van der Waals surface area contributed by atoms with Crippen molar-refractivity contribution in [2.45, 2.75) is 46.3 Å². The molecule has 0 bridgehead atoms. The summed E-state index contributed by atoms with van der Waals surface area (Å²) in [5.74, 6) is 1.73. The summed E-state index contributed by atoms with van der Waals surface area (Å²) in [5.41, 5.74) is 6.42. The Hall–Kier alpha value is -1.20. The molecule has 0 fully saturated rings. The van der Waals surface area contributed by atoms with E-state index in [2.05, 4.69) is 9.97 Å². The van der Waals surface area contributed by atoms with Crippen molar-refractivity contribution in [3.63, 3.8) is 0 Å². The molecule has 0 aliphatic rings. The summed E-state index contributed by atoms with van der Waals surface area (Å²) in [6.45, 7) is 9.46. The predicted molar refractivity (Wildman–Crippen MR) is 70.6 cm³/mol. The monoisotopic (exact) mass is 253 g/mol. The van der Waals surface area contributed by atoms with Gasteiger partial charge in [-0.3, -0.25) is 0 Å². The summed E-state index contributed by atoms with van der Waals surface area (Å²) in [6, 6.07) is 0.